The van der Waals surface area contributed by atoms with Crippen LogP contribution < -0.4 is 26.2 Å². The first-order valence-electron chi connectivity index (χ1n) is 18.2. The summed E-state index contributed by atoms with van der Waals surface area (Å²) >= 11 is 1.98. The van der Waals surface area contributed by atoms with Gasteiger partial charge in [0.1, 0.15) is 0 Å². The molecule has 5 aromatic rings. The van der Waals surface area contributed by atoms with Crippen molar-refractivity contribution < 1.29 is 0 Å². The number of rotatable bonds is 1. The third-order valence-electron chi connectivity index (χ3n) is 12.9. The molecule has 0 bridgehead atoms. The molecule has 0 N–H and O–H groups in total. The molecule has 4 aromatic carbocycles. The second kappa shape index (κ2) is 9.60. The van der Waals surface area contributed by atoms with Crippen molar-refractivity contribution in [3.05, 3.63) is 94.5 Å². The third-order valence-corrected chi connectivity index (χ3v) is 14.0. The standard InChI is InChI=1S/C44H49BN2S/c1-26-21-34-38-35(22-26)47-39-31(43(9)19-13-14-20-44(43,47)10)24-29(42(6,7)8)25-32(39)45(38)37-30-15-11-12-16-36(30)48-40(37)46(34)33-18-17-28(23-27(33)2)41(3,4)5/h11-12,15-18,21-25H,13-14,19-20H2,1-10H3. The Kier molecular flexibility index (Phi) is 6.11. The van der Waals surface area contributed by atoms with Gasteiger partial charge in [-0.15, -0.1) is 11.3 Å². The van der Waals surface area contributed by atoms with Crippen LogP contribution in [0.25, 0.3) is 10.1 Å². The van der Waals surface area contributed by atoms with Gasteiger partial charge in [0, 0.05) is 32.9 Å². The van der Waals surface area contributed by atoms with Crippen molar-refractivity contribution in [2.75, 3.05) is 9.80 Å². The lowest BCUT2D eigenvalue weighted by Gasteiger charge is -2.52. The molecule has 48 heavy (non-hydrogen) atoms. The van der Waals surface area contributed by atoms with Crippen LogP contribution in [0.15, 0.2) is 66.7 Å². The van der Waals surface area contributed by atoms with Crippen LogP contribution in [0.2, 0.25) is 0 Å². The number of benzene rings is 4. The molecular weight excluding hydrogens is 599 g/mol. The van der Waals surface area contributed by atoms with Gasteiger partial charge in [-0.1, -0.05) is 104 Å². The summed E-state index contributed by atoms with van der Waals surface area (Å²) in [6.45, 7) is 24.2. The summed E-state index contributed by atoms with van der Waals surface area (Å²) in [6.07, 6.45) is 5.07. The Balaban J connectivity index is 1.43. The zero-order chi connectivity index (χ0) is 33.7. The summed E-state index contributed by atoms with van der Waals surface area (Å²) in [5, 5.41) is 2.79. The Hall–Kier alpha value is -3.50. The summed E-state index contributed by atoms with van der Waals surface area (Å²) in [5.74, 6) is 0. The highest BCUT2D eigenvalue weighted by Crippen LogP contribution is 2.62. The maximum absolute atomic E-state index is 2.87. The van der Waals surface area contributed by atoms with Crippen molar-refractivity contribution in [1.29, 1.82) is 0 Å². The maximum Gasteiger partial charge on any atom is 0.254 e. The topological polar surface area (TPSA) is 6.48 Å². The molecule has 4 aliphatic rings. The SMILES string of the molecule is Cc1cc2c3c(c1)N1c4c(cc(C(C)(C)C)cc4C4(C)CCCCC14C)B3c1c(sc3ccccc13)N2c1ccc(C(C)(C)C)cc1C. The molecule has 0 amide bonds. The van der Waals surface area contributed by atoms with E-state index >= 15 is 0 Å². The molecular formula is C44H49BN2S. The van der Waals surface area contributed by atoms with E-state index in [0.717, 1.165) is 0 Å². The number of thiophene rings is 1. The van der Waals surface area contributed by atoms with E-state index in [1.165, 1.54) is 102 Å². The Morgan fingerprint density at radius 3 is 2.17 bits per heavy atom. The molecule has 1 aliphatic carbocycles. The van der Waals surface area contributed by atoms with Crippen LogP contribution in [-0.2, 0) is 16.2 Å². The van der Waals surface area contributed by atoms with Gasteiger partial charge in [-0.3, -0.25) is 0 Å². The molecule has 1 saturated carbocycles. The molecule has 1 aromatic heterocycles. The Bertz CT molecular complexity index is 2190. The van der Waals surface area contributed by atoms with Crippen LogP contribution in [0.3, 0.4) is 0 Å². The Morgan fingerprint density at radius 1 is 0.729 bits per heavy atom. The fourth-order valence-electron chi connectivity index (χ4n) is 9.99. The fourth-order valence-corrected chi connectivity index (χ4v) is 11.3. The first-order chi connectivity index (χ1) is 22.6. The van der Waals surface area contributed by atoms with Gasteiger partial charge in [-0.05, 0) is 118 Å². The molecule has 3 aliphatic heterocycles. The predicted molar refractivity (Wildman–Crippen MR) is 211 cm³/mol. The van der Waals surface area contributed by atoms with Crippen LogP contribution in [0.5, 0.6) is 0 Å². The summed E-state index contributed by atoms with van der Waals surface area (Å²) in [6, 6.07) is 26.7. The average Bonchev–Trinajstić information content (AvgIpc) is 3.49. The monoisotopic (exact) mass is 648 g/mol. The Morgan fingerprint density at radius 2 is 1.44 bits per heavy atom. The summed E-state index contributed by atoms with van der Waals surface area (Å²) in [4.78, 5) is 5.53. The van der Waals surface area contributed by atoms with Crippen molar-refractivity contribution in [3.8, 4) is 0 Å². The number of hydrogen-bond donors (Lipinski definition) is 0. The largest absolute Gasteiger partial charge is 0.335 e. The molecule has 4 heterocycles. The number of aryl methyl sites for hydroxylation is 2. The first-order valence-corrected chi connectivity index (χ1v) is 19.0. The van der Waals surface area contributed by atoms with Gasteiger partial charge >= 0.3 is 0 Å². The normalized spacial score (nSPS) is 22.5. The highest BCUT2D eigenvalue weighted by Gasteiger charge is 2.61. The molecule has 0 spiro atoms. The van der Waals surface area contributed by atoms with Crippen LogP contribution in [0, 0.1) is 13.8 Å². The third kappa shape index (κ3) is 3.82. The quantitative estimate of drug-likeness (QED) is 0.164. The zero-order valence-corrected chi connectivity index (χ0v) is 31.4. The van der Waals surface area contributed by atoms with Crippen LogP contribution in [0.1, 0.15) is 109 Å². The van der Waals surface area contributed by atoms with E-state index in [2.05, 4.69) is 146 Å². The lowest BCUT2D eigenvalue weighted by molar-refractivity contribution is 0.195. The summed E-state index contributed by atoms with van der Waals surface area (Å²) in [5.41, 5.74) is 17.5. The van der Waals surface area contributed by atoms with Gasteiger partial charge in [0.25, 0.3) is 6.71 Å². The molecule has 244 valence electrons. The number of fused-ring (bicyclic) bond motifs is 9. The highest BCUT2D eigenvalue weighted by molar-refractivity contribution is 7.26. The second-order valence-corrected chi connectivity index (χ2v) is 18.9. The van der Waals surface area contributed by atoms with Gasteiger partial charge in [0.2, 0.25) is 0 Å². The molecule has 0 radical (unpaired) electrons. The average molecular weight is 649 g/mol. The van der Waals surface area contributed by atoms with E-state index in [1.807, 2.05) is 11.3 Å². The lowest BCUT2D eigenvalue weighted by atomic mass is 9.33. The molecule has 2 nitrogen and oxygen atoms in total. The lowest BCUT2D eigenvalue weighted by Crippen LogP contribution is -2.64. The van der Waals surface area contributed by atoms with Crippen molar-refractivity contribution in [2.24, 2.45) is 0 Å². The van der Waals surface area contributed by atoms with E-state index < -0.39 is 0 Å². The maximum atomic E-state index is 2.87. The van der Waals surface area contributed by atoms with Gasteiger partial charge < -0.3 is 9.80 Å². The van der Waals surface area contributed by atoms with Gasteiger partial charge in [0.05, 0.1) is 10.5 Å². The molecule has 0 saturated heterocycles. The minimum absolute atomic E-state index is 0.0253. The molecule has 4 heteroatoms. The predicted octanol–water partition coefficient (Wildman–Crippen LogP) is 10.5. The minimum atomic E-state index is 0.0253. The van der Waals surface area contributed by atoms with E-state index in [4.69, 9.17) is 0 Å². The number of anilines is 5. The first kappa shape index (κ1) is 30.6. The van der Waals surface area contributed by atoms with Crippen molar-refractivity contribution in [2.45, 2.75) is 117 Å². The van der Waals surface area contributed by atoms with E-state index in [-0.39, 0.29) is 28.5 Å². The van der Waals surface area contributed by atoms with E-state index in [1.54, 1.807) is 5.56 Å². The van der Waals surface area contributed by atoms with E-state index in [9.17, 15) is 0 Å². The van der Waals surface area contributed by atoms with Crippen molar-refractivity contribution >= 4 is 72.3 Å². The highest BCUT2D eigenvalue weighted by atomic mass is 32.1. The van der Waals surface area contributed by atoms with Gasteiger partial charge in [-0.25, -0.2) is 0 Å². The molecule has 9 rings (SSSR count). The van der Waals surface area contributed by atoms with Crippen LogP contribution >= 0.6 is 11.3 Å². The number of hydrogen-bond acceptors (Lipinski definition) is 3. The Labute approximate surface area is 292 Å². The summed E-state index contributed by atoms with van der Waals surface area (Å²) < 4.78 is 1.38. The van der Waals surface area contributed by atoms with Crippen LogP contribution in [0.4, 0.5) is 27.8 Å². The minimum Gasteiger partial charge on any atom is -0.335 e. The van der Waals surface area contributed by atoms with Crippen LogP contribution in [-0.4, -0.2) is 12.3 Å². The molecule has 2 atom stereocenters. The molecule has 2 unspecified atom stereocenters. The van der Waals surface area contributed by atoms with Crippen molar-refractivity contribution in [1.82, 2.24) is 0 Å². The molecule has 1 fully saturated rings. The summed E-state index contributed by atoms with van der Waals surface area (Å²) in [7, 11) is 0. The van der Waals surface area contributed by atoms with Crippen molar-refractivity contribution in [3.63, 3.8) is 0 Å². The van der Waals surface area contributed by atoms with Gasteiger partial charge in [-0.2, -0.15) is 0 Å². The van der Waals surface area contributed by atoms with E-state index in [0.29, 0.717) is 0 Å². The second-order valence-electron chi connectivity index (χ2n) is 17.9. The smallest absolute Gasteiger partial charge is 0.254 e. The number of nitrogens with zero attached hydrogens (tertiary/aromatic N) is 2. The van der Waals surface area contributed by atoms with Gasteiger partial charge in [0.15, 0.2) is 0 Å². The fraction of sp³-hybridized carbons (Fsp3) is 0.409. The zero-order valence-electron chi connectivity index (χ0n) is 30.6.